The van der Waals surface area contributed by atoms with Crippen LogP contribution in [0.2, 0.25) is 0 Å². The predicted molar refractivity (Wildman–Crippen MR) is 69.2 cm³/mol. The summed E-state index contributed by atoms with van der Waals surface area (Å²) in [6, 6.07) is 8.30. The lowest BCUT2D eigenvalue weighted by Gasteiger charge is -2.22. The minimum absolute atomic E-state index is 0.204. The van der Waals surface area contributed by atoms with Crippen molar-refractivity contribution in [2.45, 2.75) is 19.4 Å². The van der Waals surface area contributed by atoms with Crippen molar-refractivity contribution in [2.75, 3.05) is 20.2 Å². The molecular formula is C13H18BrNO. The molecule has 0 spiro atoms. The average Bonchev–Trinajstić information content (AvgIpc) is 3.02. The van der Waals surface area contributed by atoms with Crippen molar-refractivity contribution in [2.24, 2.45) is 5.41 Å². The topological polar surface area (TPSA) is 23.5 Å². The van der Waals surface area contributed by atoms with E-state index in [-0.39, 0.29) is 5.41 Å². The fraction of sp³-hybridized carbons (Fsp3) is 0.538. The molecule has 16 heavy (non-hydrogen) atoms. The first-order valence-electron chi connectivity index (χ1n) is 5.68. The molecular weight excluding hydrogens is 266 g/mol. The van der Waals surface area contributed by atoms with Gasteiger partial charge in [0.25, 0.3) is 0 Å². The van der Waals surface area contributed by atoms with Gasteiger partial charge in [-0.05, 0) is 31.5 Å². The van der Waals surface area contributed by atoms with Crippen LogP contribution in [-0.2, 0) is 6.54 Å². The highest BCUT2D eigenvalue weighted by molar-refractivity contribution is 9.10. The van der Waals surface area contributed by atoms with E-state index in [1.165, 1.54) is 18.4 Å². The fourth-order valence-electron chi connectivity index (χ4n) is 2.09. The third-order valence-corrected chi connectivity index (χ3v) is 4.07. The SMILES string of the molecule is CN(Cc1ccccc1Br)CC1(CO)CC1. The number of rotatable bonds is 5. The first-order chi connectivity index (χ1) is 7.65. The van der Waals surface area contributed by atoms with E-state index in [4.69, 9.17) is 0 Å². The van der Waals surface area contributed by atoms with Crippen LogP contribution < -0.4 is 0 Å². The van der Waals surface area contributed by atoms with Crippen molar-refractivity contribution in [3.63, 3.8) is 0 Å². The van der Waals surface area contributed by atoms with E-state index in [2.05, 4.69) is 46.1 Å². The molecule has 1 fully saturated rings. The van der Waals surface area contributed by atoms with Crippen molar-refractivity contribution in [1.29, 1.82) is 0 Å². The minimum atomic E-state index is 0.204. The molecule has 0 aliphatic heterocycles. The molecule has 3 heteroatoms. The van der Waals surface area contributed by atoms with Crippen LogP contribution in [0.25, 0.3) is 0 Å². The standard InChI is InChI=1S/C13H18BrNO/c1-15(9-13(10-16)6-7-13)8-11-4-2-3-5-12(11)14/h2-5,16H,6-10H2,1H3. The minimum Gasteiger partial charge on any atom is -0.396 e. The van der Waals surface area contributed by atoms with Gasteiger partial charge >= 0.3 is 0 Å². The zero-order valence-electron chi connectivity index (χ0n) is 9.62. The Morgan fingerprint density at radius 1 is 1.38 bits per heavy atom. The number of hydrogen-bond donors (Lipinski definition) is 1. The summed E-state index contributed by atoms with van der Waals surface area (Å²) in [6.07, 6.45) is 2.34. The van der Waals surface area contributed by atoms with Gasteiger partial charge < -0.3 is 10.0 Å². The molecule has 2 rings (SSSR count). The number of benzene rings is 1. The summed E-state index contributed by atoms with van der Waals surface area (Å²) < 4.78 is 1.16. The molecule has 0 atom stereocenters. The molecule has 0 amide bonds. The molecule has 0 aromatic heterocycles. The third kappa shape index (κ3) is 2.84. The second-order valence-electron chi connectivity index (χ2n) is 4.92. The lowest BCUT2D eigenvalue weighted by molar-refractivity contribution is 0.161. The molecule has 0 saturated heterocycles. The molecule has 1 aromatic rings. The van der Waals surface area contributed by atoms with E-state index in [1.807, 2.05) is 6.07 Å². The summed E-state index contributed by atoms with van der Waals surface area (Å²) in [7, 11) is 2.12. The van der Waals surface area contributed by atoms with Crippen LogP contribution in [0.1, 0.15) is 18.4 Å². The first kappa shape index (κ1) is 12.1. The second-order valence-corrected chi connectivity index (χ2v) is 5.78. The summed E-state index contributed by atoms with van der Waals surface area (Å²) in [5.41, 5.74) is 1.51. The van der Waals surface area contributed by atoms with Crippen LogP contribution in [0.5, 0.6) is 0 Å². The molecule has 1 N–H and O–H groups in total. The van der Waals surface area contributed by atoms with Gasteiger partial charge in [0.05, 0.1) is 0 Å². The van der Waals surface area contributed by atoms with E-state index in [9.17, 15) is 5.11 Å². The second kappa shape index (κ2) is 4.86. The van der Waals surface area contributed by atoms with Gasteiger partial charge in [-0.2, -0.15) is 0 Å². The van der Waals surface area contributed by atoms with Crippen LogP contribution in [0, 0.1) is 5.41 Å². The van der Waals surface area contributed by atoms with E-state index < -0.39 is 0 Å². The van der Waals surface area contributed by atoms with Crippen LogP contribution in [0.4, 0.5) is 0 Å². The van der Waals surface area contributed by atoms with E-state index >= 15 is 0 Å². The van der Waals surface area contributed by atoms with Gasteiger partial charge in [-0.25, -0.2) is 0 Å². The van der Waals surface area contributed by atoms with Crippen molar-refractivity contribution < 1.29 is 5.11 Å². The summed E-state index contributed by atoms with van der Waals surface area (Å²) >= 11 is 3.56. The van der Waals surface area contributed by atoms with E-state index in [0.29, 0.717) is 6.61 Å². The van der Waals surface area contributed by atoms with Gasteiger partial charge in [-0.15, -0.1) is 0 Å². The van der Waals surface area contributed by atoms with E-state index in [1.54, 1.807) is 0 Å². The maximum Gasteiger partial charge on any atom is 0.0499 e. The molecule has 0 heterocycles. The molecule has 0 radical (unpaired) electrons. The normalized spacial score (nSPS) is 17.8. The van der Waals surface area contributed by atoms with Gasteiger partial charge in [0.15, 0.2) is 0 Å². The Labute approximate surface area is 105 Å². The summed E-state index contributed by atoms with van der Waals surface area (Å²) in [5.74, 6) is 0. The monoisotopic (exact) mass is 283 g/mol. The van der Waals surface area contributed by atoms with Crippen molar-refractivity contribution in [1.82, 2.24) is 4.90 Å². The van der Waals surface area contributed by atoms with Gasteiger partial charge in [-0.1, -0.05) is 34.1 Å². The average molecular weight is 284 g/mol. The highest BCUT2D eigenvalue weighted by atomic mass is 79.9. The molecule has 88 valence electrons. The number of aliphatic hydroxyl groups is 1. The highest BCUT2D eigenvalue weighted by Gasteiger charge is 2.42. The zero-order chi connectivity index (χ0) is 11.6. The Kier molecular flexibility index (Phi) is 3.67. The lowest BCUT2D eigenvalue weighted by atomic mass is 10.1. The van der Waals surface area contributed by atoms with Gasteiger partial charge in [0.1, 0.15) is 0 Å². The maximum absolute atomic E-state index is 9.29. The Balaban J connectivity index is 1.92. The lowest BCUT2D eigenvalue weighted by Crippen LogP contribution is -2.28. The van der Waals surface area contributed by atoms with E-state index in [0.717, 1.165) is 17.6 Å². The summed E-state index contributed by atoms with van der Waals surface area (Å²) in [4.78, 5) is 2.29. The Hall–Kier alpha value is -0.380. The Morgan fingerprint density at radius 3 is 2.62 bits per heavy atom. The largest absolute Gasteiger partial charge is 0.396 e. The van der Waals surface area contributed by atoms with Crippen molar-refractivity contribution >= 4 is 15.9 Å². The molecule has 1 aromatic carbocycles. The molecule has 2 nitrogen and oxygen atoms in total. The van der Waals surface area contributed by atoms with Crippen molar-refractivity contribution in [3.8, 4) is 0 Å². The Bertz CT molecular complexity index is 363. The van der Waals surface area contributed by atoms with Crippen LogP contribution in [-0.4, -0.2) is 30.2 Å². The zero-order valence-corrected chi connectivity index (χ0v) is 11.2. The summed E-state index contributed by atoms with van der Waals surface area (Å²) in [5, 5.41) is 9.29. The Morgan fingerprint density at radius 2 is 2.06 bits per heavy atom. The van der Waals surface area contributed by atoms with Crippen LogP contribution >= 0.6 is 15.9 Å². The van der Waals surface area contributed by atoms with Gasteiger partial charge in [0.2, 0.25) is 0 Å². The highest BCUT2D eigenvalue weighted by Crippen LogP contribution is 2.45. The third-order valence-electron chi connectivity index (χ3n) is 3.30. The number of hydrogen-bond acceptors (Lipinski definition) is 2. The molecule has 0 unspecified atom stereocenters. The summed E-state index contributed by atoms with van der Waals surface area (Å²) in [6.45, 7) is 2.25. The van der Waals surface area contributed by atoms with Crippen molar-refractivity contribution in [3.05, 3.63) is 34.3 Å². The number of halogens is 1. The fourth-order valence-corrected chi connectivity index (χ4v) is 2.50. The molecule has 1 aliphatic rings. The molecule has 1 saturated carbocycles. The smallest absolute Gasteiger partial charge is 0.0499 e. The van der Waals surface area contributed by atoms with Gasteiger partial charge in [0, 0.05) is 29.6 Å². The first-order valence-corrected chi connectivity index (χ1v) is 6.47. The molecule has 0 bridgehead atoms. The van der Waals surface area contributed by atoms with Gasteiger partial charge in [-0.3, -0.25) is 0 Å². The predicted octanol–water partition coefficient (Wildman–Crippen LogP) is 2.65. The maximum atomic E-state index is 9.29. The molecule has 1 aliphatic carbocycles. The number of nitrogens with zero attached hydrogens (tertiary/aromatic N) is 1. The van der Waals surface area contributed by atoms with Crippen LogP contribution in [0.15, 0.2) is 28.7 Å². The number of aliphatic hydroxyl groups excluding tert-OH is 1. The van der Waals surface area contributed by atoms with Crippen LogP contribution in [0.3, 0.4) is 0 Å². The quantitative estimate of drug-likeness (QED) is 0.898.